The van der Waals surface area contributed by atoms with Crippen molar-refractivity contribution in [2.24, 2.45) is 7.05 Å². The van der Waals surface area contributed by atoms with E-state index in [1.807, 2.05) is 13.2 Å². The number of ether oxygens (including phenoxy) is 1. The molecule has 1 heterocycles. The van der Waals surface area contributed by atoms with Crippen molar-refractivity contribution in [2.75, 3.05) is 12.4 Å². The minimum Gasteiger partial charge on any atom is -0.494 e. The Morgan fingerprint density at radius 1 is 1.38 bits per heavy atom. The Morgan fingerprint density at radius 3 is 2.57 bits per heavy atom. The number of urea groups is 1. The zero-order valence-electron chi connectivity index (χ0n) is 11.5. The minimum absolute atomic E-state index is 0.326. The highest BCUT2D eigenvalue weighted by molar-refractivity contribution is 6.37. The van der Waals surface area contributed by atoms with Crippen molar-refractivity contribution in [1.82, 2.24) is 15.1 Å². The lowest BCUT2D eigenvalue weighted by Gasteiger charge is -2.10. The number of nitrogens with zero attached hydrogens (tertiary/aromatic N) is 2. The molecule has 112 valence electrons. The highest BCUT2D eigenvalue weighted by Crippen LogP contribution is 2.35. The summed E-state index contributed by atoms with van der Waals surface area (Å²) in [6.45, 7) is 0.372. The van der Waals surface area contributed by atoms with Gasteiger partial charge in [-0.3, -0.25) is 4.68 Å². The number of carbonyl (C=O) groups is 1. The monoisotopic (exact) mass is 328 g/mol. The van der Waals surface area contributed by atoms with Crippen molar-refractivity contribution in [2.45, 2.75) is 6.54 Å². The maximum absolute atomic E-state index is 11.8. The van der Waals surface area contributed by atoms with Crippen LogP contribution in [0.2, 0.25) is 10.0 Å². The van der Waals surface area contributed by atoms with Crippen LogP contribution in [0.1, 0.15) is 5.56 Å². The molecule has 0 aliphatic rings. The molecule has 0 fully saturated rings. The van der Waals surface area contributed by atoms with E-state index in [2.05, 4.69) is 15.7 Å². The second kappa shape index (κ2) is 6.69. The number of methoxy groups -OCH3 is 1. The number of hydrogen-bond acceptors (Lipinski definition) is 3. The summed E-state index contributed by atoms with van der Waals surface area (Å²) in [4.78, 5) is 11.8. The second-order valence-electron chi connectivity index (χ2n) is 4.30. The number of nitrogens with one attached hydrogen (secondary N) is 2. The largest absolute Gasteiger partial charge is 0.494 e. The van der Waals surface area contributed by atoms with Gasteiger partial charge in [0.05, 0.1) is 23.4 Å². The third-order valence-electron chi connectivity index (χ3n) is 2.67. The zero-order valence-corrected chi connectivity index (χ0v) is 13.0. The summed E-state index contributed by atoms with van der Waals surface area (Å²) < 4.78 is 6.71. The van der Waals surface area contributed by atoms with E-state index in [0.29, 0.717) is 28.0 Å². The van der Waals surface area contributed by atoms with Crippen molar-refractivity contribution in [3.05, 3.63) is 40.1 Å². The average Bonchev–Trinajstić information content (AvgIpc) is 2.82. The number of aryl methyl sites for hydroxylation is 1. The van der Waals surface area contributed by atoms with Crippen LogP contribution in [0.15, 0.2) is 24.5 Å². The molecule has 2 amide bonds. The van der Waals surface area contributed by atoms with Crippen LogP contribution in [0.3, 0.4) is 0 Å². The van der Waals surface area contributed by atoms with Gasteiger partial charge in [-0.2, -0.15) is 5.10 Å². The predicted molar refractivity (Wildman–Crippen MR) is 82.1 cm³/mol. The molecule has 1 aromatic carbocycles. The van der Waals surface area contributed by atoms with E-state index >= 15 is 0 Å². The highest BCUT2D eigenvalue weighted by atomic mass is 35.5. The van der Waals surface area contributed by atoms with Crippen LogP contribution >= 0.6 is 23.2 Å². The number of anilines is 1. The number of amides is 2. The first-order chi connectivity index (χ1) is 9.99. The molecule has 0 unspecified atom stereocenters. The fraction of sp³-hybridized carbons (Fsp3) is 0.231. The molecule has 2 rings (SSSR count). The highest BCUT2D eigenvalue weighted by Gasteiger charge is 2.10. The minimum atomic E-state index is -0.365. The Morgan fingerprint density at radius 2 is 2.05 bits per heavy atom. The van der Waals surface area contributed by atoms with Gasteiger partial charge in [0.15, 0.2) is 5.75 Å². The summed E-state index contributed by atoms with van der Waals surface area (Å²) in [5, 5.41) is 10.0. The number of hydrogen-bond donors (Lipinski definition) is 2. The lowest BCUT2D eigenvalue weighted by Crippen LogP contribution is -2.28. The summed E-state index contributed by atoms with van der Waals surface area (Å²) in [6, 6.07) is 2.77. The molecule has 0 spiro atoms. The van der Waals surface area contributed by atoms with E-state index in [-0.39, 0.29) is 6.03 Å². The normalized spacial score (nSPS) is 10.3. The number of aromatic nitrogens is 2. The summed E-state index contributed by atoms with van der Waals surface area (Å²) >= 11 is 12.0. The quantitative estimate of drug-likeness (QED) is 0.906. The van der Waals surface area contributed by atoms with Crippen LogP contribution in [0.4, 0.5) is 10.5 Å². The van der Waals surface area contributed by atoms with Gasteiger partial charge in [-0.1, -0.05) is 23.2 Å². The molecule has 0 radical (unpaired) electrons. The maximum Gasteiger partial charge on any atom is 0.319 e. The van der Waals surface area contributed by atoms with E-state index < -0.39 is 0 Å². The summed E-state index contributed by atoms with van der Waals surface area (Å²) in [5.41, 5.74) is 1.38. The number of carbonyl (C=O) groups excluding carboxylic acids is 1. The molecule has 0 aliphatic carbocycles. The van der Waals surface area contributed by atoms with E-state index in [1.54, 1.807) is 23.0 Å². The van der Waals surface area contributed by atoms with Gasteiger partial charge < -0.3 is 15.4 Å². The van der Waals surface area contributed by atoms with Crippen LogP contribution in [0.25, 0.3) is 0 Å². The summed E-state index contributed by atoms with van der Waals surface area (Å²) in [7, 11) is 3.28. The molecule has 0 saturated heterocycles. The third kappa shape index (κ3) is 4.03. The summed E-state index contributed by atoms with van der Waals surface area (Å²) in [5.74, 6) is 0.375. The Hall–Kier alpha value is -1.92. The van der Waals surface area contributed by atoms with Crippen molar-refractivity contribution < 1.29 is 9.53 Å². The standard InChI is InChI=1S/C13H14Cl2N4O2/c1-19-7-8(6-17-19)5-16-13(20)18-9-3-10(14)12(21-2)11(15)4-9/h3-4,6-7H,5H2,1-2H3,(H2,16,18,20). The summed E-state index contributed by atoms with van der Waals surface area (Å²) in [6.07, 6.45) is 3.50. The van der Waals surface area contributed by atoms with E-state index in [9.17, 15) is 4.79 Å². The zero-order chi connectivity index (χ0) is 15.4. The fourth-order valence-electron chi connectivity index (χ4n) is 1.75. The Balaban J connectivity index is 1.96. The molecule has 0 aliphatic heterocycles. The van der Waals surface area contributed by atoms with E-state index in [0.717, 1.165) is 5.56 Å². The first-order valence-electron chi connectivity index (χ1n) is 6.05. The first kappa shape index (κ1) is 15.5. The van der Waals surface area contributed by atoms with Gasteiger partial charge in [0.25, 0.3) is 0 Å². The smallest absolute Gasteiger partial charge is 0.319 e. The maximum atomic E-state index is 11.8. The lowest BCUT2D eigenvalue weighted by atomic mass is 10.3. The average molecular weight is 329 g/mol. The molecule has 21 heavy (non-hydrogen) atoms. The van der Waals surface area contributed by atoms with Gasteiger partial charge in [-0.05, 0) is 12.1 Å². The Bertz CT molecular complexity index is 634. The van der Waals surface area contributed by atoms with Crippen LogP contribution in [-0.4, -0.2) is 22.9 Å². The van der Waals surface area contributed by atoms with Crippen molar-refractivity contribution in [3.8, 4) is 5.75 Å². The van der Waals surface area contributed by atoms with Gasteiger partial charge >= 0.3 is 6.03 Å². The lowest BCUT2D eigenvalue weighted by molar-refractivity contribution is 0.251. The molecule has 2 N–H and O–H groups in total. The van der Waals surface area contributed by atoms with Crippen molar-refractivity contribution >= 4 is 34.9 Å². The first-order valence-corrected chi connectivity index (χ1v) is 6.80. The molecule has 1 aromatic heterocycles. The van der Waals surface area contributed by atoms with Crippen molar-refractivity contribution in [3.63, 3.8) is 0 Å². The third-order valence-corrected chi connectivity index (χ3v) is 3.23. The van der Waals surface area contributed by atoms with Crippen LogP contribution in [0.5, 0.6) is 5.75 Å². The second-order valence-corrected chi connectivity index (χ2v) is 5.12. The SMILES string of the molecule is COc1c(Cl)cc(NC(=O)NCc2cnn(C)c2)cc1Cl. The number of benzene rings is 1. The van der Waals surface area contributed by atoms with Gasteiger partial charge in [-0.25, -0.2) is 4.79 Å². The van der Waals surface area contributed by atoms with Crippen molar-refractivity contribution in [1.29, 1.82) is 0 Å². The number of halogens is 2. The molecule has 0 saturated carbocycles. The van der Waals surface area contributed by atoms with Gasteiger partial charge in [0.1, 0.15) is 0 Å². The van der Waals surface area contributed by atoms with Crippen LogP contribution < -0.4 is 15.4 Å². The topological polar surface area (TPSA) is 68.2 Å². The molecular weight excluding hydrogens is 315 g/mol. The van der Waals surface area contributed by atoms with Gasteiger partial charge in [0.2, 0.25) is 0 Å². The van der Waals surface area contributed by atoms with Gasteiger partial charge in [0, 0.05) is 31.0 Å². The molecule has 8 heteroatoms. The molecule has 6 nitrogen and oxygen atoms in total. The van der Waals surface area contributed by atoms with Crippen LogP contribution in [0, 0.1) is 0 Å². The molecule has 0 bridgehead atoms. The van der Waals surface area contributed by atoms with Crippen LogP contribution in [-0.2, 0) is 13.6 Å². The molecule has 0 atom stereocenters. The molecular formula is C13H14Cl2N4O2. The van der Waals surface area contributed by atoms with E-state index in [1.165, 1.54) is 7.11 Å². The fourth-order valence-corrected chi connectivity index (χ4v) is 2.39. The Labute approximate surface area is 132 Å². The molecule has 2 aromatic rings. The predicted octanol–water partition coefficient (Wildman–Crippen LogP) is 3.06. The number of rotatable bonds is 4. The Kier molecular flexibility index (Phi) is 4.93. The van der Waals surface area contributed by atoms with Gasteiger partial charge in [-0.15, -0.1) is 0 Å². The van der Waals surface area contributed by atoms with E-state index in [4.69, 9.17) is 27.9 Å².